The number of benzene rings is 16. The summed E-state index contributed by atoms with van der Waals surface area (Å²) >= 11 is 0. The molecule has 0 N–H and O–H groups in total. The second kappa shape index (κ2) is 27.0. The molecule has 16 aromatic carbocycles. The van der Waals surface area contributed by atoms with E-state index in [-0.39, 0.29) is 0 Å². The van der Waals surface area contributed by atoms with Gasteiger partial charge in [-0.1, -0.05) is 322 Å². The van der Waals surface area contributed by atoms with Crippen LogP contribution >= 0.6 is 0 Å². The maximum Gasteiger partial charge on any atom is 0.164 e. The molecule has 18 aromatic rings. The van der Waals surface area contributed by atoms with Crippen LogP contribution in [0.25, 0.3) is 146 Å². The highest BCUT2D eigenvalue weighted by Gasteiger charge is 2.54. The molecule has 116 heavy (non-hydrogen) atoms. The molecule has 4 aliphatic rings. The molecule has 2 spiro atoms. The summed E-state index contributed by atoms with van der Waals surface area (Å²) in [6.45, 7) is 0. The van der Waals surface area contributed by atoms with Gasteiger partial charge >= 0.3 is 0 Å². The first-order chi connectivity index (χ1) is 57.4. The Labute approximate surface area is 669 Å². The lowest BCUT2D eigenvalue weighted by Gasteiger charge is -2.39. The largest absolute Gasteiger partial charge is 0.457 e. The molecule has 0 radical (unpaired) electrons. The Hall–Kier alpha value is -15.9. The Kier molecular flexibility index (Phi) is 15.6. The van der Waals surface area contributed by atoms with Gasteiger partial charge in [0, 0.05) is 55.6 Å². The van der Waals surface area contributed by atoms with Gasteiger partial charge in [0.2, 0.25) is 0 Å². The average Bonchev–Trinajstić information content (AvgIpc) is 1.52. The van der Waals surface area contributed by atoms with Crippen molar-refractivity contribution in [2.45, 2.75) is 10.8 Å². The van der Waals surface area contributed by atoms with E-state index in [1.165, 1.54) is 11.1 Å². The third kappa shape index (κ3) is 10.6. The van der Waals surface area contributed by atoms with Gasteiger partial charge in [-0.2, -0.15) is 10.5 Å². The molecular formula is C106H62N8O2. The molecule has 0 saturated carbocycles. The molecule has 0 saturated heterocycles. The predicted molar refractivity (Wildman–Crippen MR) is 457 cm³/mol. The molecule has 2 aliphatic heterocycles. The second-order valence-electron chi connectivity index (χ2n) is 29.6. The van der Waals surface area contributed by atoms with Gasteiger partial charge in [-0.05, 0) is 155 Å². The van der Waals surface area contributed by atoms with Crippen LogP contribution < -0.4 is 9.47 Å². The second-order valence-corrected chi connectivity index (χ2v) is 29.6. The number of nitrogens with zero attached hydrogens (tertiary/aromatic N) is 8. The van der Waals surface area contributed by atoms with Crippen molar-refractivity contribution in [2.24, 2.45) is 0 Å². The van der Waals surface area contributed by atoms with Crippen LogP contribution in [0.4, 0.5) is 0 Å². The lowest BCUT2D eigenvalue weighted by molar-refractivity contribution is 0.436. The maximum absolute atomic E-state index is 9.93. The first-order valence-corrected chi connectivity index (χ1v) is 38.7. The van der Waals surface area contributed by atoms with Gasteiger partial charge < -0.3 is 9.47 Å². The highest BCUT2D eigenvalue weighted by molar-refractivity contribution is 6.04. The van der Waals surface area contributed by atoms with Crippen molar-refractivity contribution in [1.82, 2.24) is 29.9 Å². The van der Waals surface area contributed by atoms with Gasteiger partial charge in [0.25, 0.3) is 0 Å². The fraction of sp³-hybridized carbons (Fsp3) is 0.0189. The van der Waals surface area contributed by atoms with Crippen molar-refractivity contribution in [2.75, 3.05) is 0 Å². The normalized spacial score (nSPS) is 12.9. The molecule has 4 heterocycles. The Bertz CT molecular complexity index is 7040. The van der Waals surface area contributed by atoms with E-state index in [1.54, 1.807) is 0 Å². The molecule has 538 valence electrons. The van der Waals surface area contributed by atoms with Crippen LogP contribution in [0.1, 0.15) is 55.6 Å². The van der Waals surface area contributed by atoms with Gasteiger partial charge in [0.1, 0.15) is 23.0 Å². The number of rotatable bonds is 11. The van der Waals surface area contributed by atoms with Crippen molar-refractivity contribution >= 4 is 0 Å². The van der Waals surface area contributed by atoms with Crippen LogP contribution in [0, 0.1) is 22.7 Å². The quantitative estimate of drug-likeness (QED) is 0.123. The van der Waals surface area contributed by atoms with E-state index in [0.717, 1.165) is 168 Å². The van der Waals surface area contributed by atoms with E-state index < -0.39 is 10.8 Å². The van der Waals surface area contributed by atoms with Gasteiger partial charge in [-0.3, -0.25) is 0 Å². The van der Waals surface area contributed by atoms with Crippen LogP contribution in [0.5, 0.6) is 23.0 Å². The van der Waals surface area contributed by atoms with Crippen molar-refractivity contribution in [3.8, 4) is 181 Å². The number of nitriles is 2. The van der Waals surface area contributed by atoms with Crippen molar-refractivity contribution in [3.63, 3.8) is 0 Å². The zero-order valence-electron chi connectivity index (χ0n) is 62.2. The summed E-state index contributed by atoms with van der Waals surface area (Å²) in [4.78, 5) is 31.8. The zero-order valence-corrected chi connectivity index (χ0v) is 62.2. The van der Waals surface area contributed by atoms with Crippen molar-refractivity contribution in [1.29, 1.82) is 10.5 Å². The monoisotopic (exact) mass is 1480 g/mol. The number of hydrogen-bond donors (Lipinski definition) is 0. The molecule has 0 bridgehead atoms. The summed E-state index contributed by atoms with van der Waals surface area (Å²) in [5.74, 6) is 6.56. The standard InChI is InChI=1S/C106H62N8O2/c107-63-65-42-46-69(47-43-65)79-26-16-34-87-95(79)96-81(28-18-35-88(96)105(87)83-30-7-11-38-91(83)115-92-39-12-8-31-84(92)105)71-54-60-76(61-55-71)102-110-99(72-20-3-1-4-21-72)109-101(112-102)74-56-50-67(51-57-74)77-24-15-25-78(62-77)68-52-58-75(59-53-68)103-111-100(73-22-5-2-6-23-73)113-104(114-103)82-29-19-37-90-98(82)97-80(70-48-44-66(64-108)45-49-70)27-17-36-89(97)106(90)85-32-9-13-40-93(85)116-94-41-14-10-33-86(94)106/h1-62H. The number of hydrogen-bond acceptors (Lipinski definition) is 10. The van der Waals surface area contributed by atoms with E-state index in [2.05, 4.69) is 267 Å². The summed E-state index contributed by atoms with van der Waals surface area (Å²) in [6.07, 6.45) is 0. The van der Waals surface area contributed by atoms with E-state index in [1.807, 2.05) is 121 Å². The molecule has 2 aliphatic carbocycles. The van der Waals surface area contributed by atoms with Crippen molar-refractivity contribution < 1.29 is 9.47 Å². The fourth-order valence-corrected chi connectivity index (χ4v) is 18.3. The summed E-state index contributed by atoms with van der Waals surface area (Å²) in [7, 11) is 0. The minimum absolute atomic E-state index is 0.539. The Morgan fingerprint density at radius 3 is 0.750 bits per heavy atom. The first-order valence-electron chi connectivity index (χ1n) is 38.7. The Morgan fingerprint density at radius 1 is 0.190 bits per heavy atom. The van der Waals surface area contributed by atoms with Crippen LogP contribution in [0.15, 0.2) is 376 Å². The highest BCUT2D eigenvalue weighted by atomic mass is 16.5. The average molecular weight is 1480 g/mol. The number of fused-ring (bicyclic) bond motifs is 18. The summed E-state index contributed by atoms with van der Waals surface area (Å²) in [6, 6.07) is 135. The number of aromatic nitrogens is 6. The summed E-state index contributed by atoms with van der Waals surface area (Å²) in [5.41, 5.74) is 28.5. The molecule has 0 fully saturated rings. The molecule has 0 amide bonds. The Balaban J connectivity index is 0.597. The molecular weight excluding hydrogens is 1420 g/mol. The van der Waals surface area contributed by atoms with E-state index >= 15 is 0 Å². The third-order valence-electron chi connectivity index (χ3n) is 23.5. The van der Waals surface area contributed by atoms with E-state index in [0.29, 0.717) is 46.1 Å². The van der Waals surface area contributed by atoms with E-state index in [4.69, 9.17) is 39.4 Å². The van der Waals surface area contributed by atoms with Crippen molar-refractivity contribution in [3.05, 3.63) is 432 Å². The van der Waals surface area contributed by atoms with Crippen LogP contribution in [0.3, 0.4) is 0 Å². The minimum atomic E-state index is -0.778. The van der Waals surface area contributed by atoms with Gasteiger partial charge in [0.05, 0.1) is 34.1 Å². The topological polar surface area (TPSA) is 143 Å². The molecule has 0 atom stereocenters. The summed E-state index contributed by atoms with van der Waals surface area (Å²) in [5, 5.41) is 19.8. The zero-order chi connectivity index (χ0) is 77.0. The van der Waals surface area contributed by atoms with E-state index in [9.17, 15) is 10.5 Å². The molecule has 10 heteroatoms. The minimum Gasteiger partial charge on any atom is -0.457 e. The Morgan fingerprint density at radius 2 is 0.422 bits per heavy atom. The predicted octanol–water partition coefficient (Wildman–Crippen LogP) is 25.1. The van der Waals surface area contributed by atoms with Gasteiger partial charge in [0.15, 0.2) is 34.9 Å². The van der Waals surface area contributed by atoms with Crippen LogP contribution in [-0.2, 0) is 10.8 Å². The van der Waals surface area contributed by atoms with Crippen LogP contribution in [-0.4, -0.2) is 29.9 Å². The summed E-state index contributed by atoms with van der Waals surface area (Å²) < 4.78 is 13.5. The van der Waals surface area contributed by atoms with Gasteiger partial charge in [-0.25, -0.2) is 29.9 Å². The SMILES string of the molecule is N#Cc1ccc(-c2cccc3c2-c2c(-c4ccc(-c5nc(-c6ccccc6)nc(-c6ccc(-c7cccc(-c8ccc(-c9nc(-c%10ccccc%10)nc(-c%10cccc%11c%10-c%10c(-c%12ccc(C#N)cc%12)cccc%10C%11%10c%11ccccc%11Oc%11ccccc%11%10)n9)cc8)c7)cc6)n5)cc4)cccc2C32c3ccccc3Oc3ccccc32)cc1. The molecule has 0 unspecified atom stereocenters. The lowest BCUT2D eigenvalue weighted by atomic mass is 9.66. The number of ether oxygens (including phenoxy) is 2. The number of para-hydroxylation sites is 4. The molecule has 10 nitrogen and oxygen atoms in total. The highest BCUT2D eigenvalue weighted by Crippen LogP contribution is 2.67. The fourth-order valence-electron chi connectivity index (χ4n) is 18.3. The first kappa shape index (κ1) is 67.1. The molecule has 22 rings (SSSR count). The van der Waals surface area contributed by atoms with Gasteiger partial charge in [-0.15, -0.1) is 0 Å². The maximum atomic E-state index is 9.93. The smallest absolute Gasteiger partial charge is 0.164 e. The lowest BCUT2D eigenvalue weighted by Crippen LogP contribution is -2.32. The van der Waals surface area contributed by atoms with Crippen LogP contribution in [0.2, 0.25) is 0 Å². The third-order valence-corrected chi connectivity index (χ3v) is 23.5. The molecule has 2 aromatic heterocycles.